The second-order valence-corrected chi connectivity index (χ2v) is 6.74. The predicted molar refractivity (Wildman–Crippen MR) is 106 cm³/mol. The van der Waals surface area contributed by atoms with Crippen molar-refractivity contribution in [3.63, 3.8) is 0 Å². The first-order valence-electron chi connectivity index (χ1n) is 9.28. The predicted octanol–water partition coefficient (Wildman–Crippen LogP) is 4.23. The summed E-state index contributed by atoms with van der Waals surface area (Å²) in [5.74, 6) is -0.522. The Labute approximate surface area is 170 Å². The molecule has 152 valence electrons. The molecule has 0 saturated heterocycles. The Morgan fingerprint density at radius 1 is 1.20 bits per heavy atom. The second kappa shape index (κ2) is 7.94. The molecule has 4 rings (SSSR count). The summed E-state index contributed by atoms with van der Waals surface area (Å²) in [5.41, 5.74) is 3.19. The monoisotopic (exact) mass is 409 g/mol. The van der Waals surface area contributed by atoms with Gasteiger partial charge in [-0.25, -0.2) is 13.8 Å². The molecule has 0 aliphatic rings. The molecule has 0 aliphatic carbocycles. The van der Waals surface area contributed by atoms with Crippen molar-refractivity contribution in [2.24, 2.45) is 0 Å². The molecule has 3 aromatic heterocycles. The Balaban J connectivity index is 1.57. The van der Waals surface area contributed by atoms with Gasteiger partial charge in [0.25, 0.3) is 0 Å². The Hall–Kier alpha value is -3.75. The second-order valence-electron chi connectivity index (χ2n) is 6.74. The van der Waals surface area contributed by atoms with Crippen molar-refractivity contribution in [1.29, 1.82) is 0 Å². The standard InChI is InChI=1S/C21H18F2N6O/c1-4-16(19(23)12(2)22)21-26-17-9-24-29(11-18(17)27-21)10-14-5-7-15(8-6-14)20-25-13(3)30-28-20/h4-9,11H,10H2,1-3H3/p+1. The van der Waals surface area contributed by atoms with E-state index in [1.54, 1.807) is 30.9 Å². The summed E-state index contributed by atoms with van der Waals surface area (Å²) in [6.45, 7) is 4.96. The number of nitrogens with zero attached hydrogens (tertiary/aromatic N) is 5. The molecule has 0 spiro atoms. The topological polar surface area (TPSA) is 84.4 Å². The number of aryl methyl sites for hydroxylation is 1. The summed E-state index contributed by atoms with van der Waals surface area (Å²) < 4.78 is 34.1. The van der Waals surface area contributed by atoms with E-state index < -0.39 is 11.7 Å². The molecule has 0 amide bonds. The molecule has 7 nitrogen and oxygen atoms in total. The Morgan fingerprint density at radius 2 is 1.97 bits per heavy atom. The molecule has 0 bridgehead atoms. The molecule has 0 aliphatic heterocycles. The molecular weight excluding hydrogens is 390 g/mol. The molecule has 0 saturated carbocycles. The highest BCUT2D eigenvalue weighted by molar-refractivity contribution is 5.80. The van der Waals surface area contributed by atoms with Crippen molar-refractivity contribution in [2.45, 2.75) is 27.3 Å². The first-order chi connectivity index (χ1) is 14.4. The molecule has 0 unspecified atom stereocenters. The lowest BCUT2D eigenvalue weighted by atomic mass is 10.1. The van der Waals surface area contributed by atoms with E-state index in [2.05, 4.69) is 25.2 Å². The largest absolute Gasteiger partial charge is 0.339 e. The van der Waals surface area contributed by atoms with E-state index in [4.69, 9.17) is 4.52 Å². The van der Waals surface area contributed by atoms with E-state index in [0.29, 0.717) is 29.3 Å². The van der Waals surface area contributed by atoms with Gasteiger partial charge in [0.2, 0.25) is 17.9 Å². The van der Waals surface area contributed by atoms with Gasteiger partial charge in [-0.2, -0.15) is 4.98 Å². The van der Waals surface area contributed by atoms with Crippen LogP contribution in [-0.4, -0.2) is 25.2 Å². The highest BCUT2D eigenvalue weighted by Crippen LogP contribution is 2.26. The SMILES string of the molecule is CC=C(C(F)=C(C)F)c1nc2cn[n+](Cc3ccc(-c4noc(C)n4)cc3)cc2[nH]1. The zero-order valence-electron chi connectivity index (χ0n) is 16.6. The van der Waals surface area contributed by atoms with Gasteiger partial charge in [0.05, 0.1) is 5.57 Å². The van der Waals surface area contributed by atoms with Crippen molar-refractivity contribution in [2.75, 3.05) is 0 Å². The van der Waals surface area contributed by atoms with Crippen LogP contribution in [0.2, 0.25) is 0 Å². The fraction of sp³-hybridized carbons (Fsp3) is 0.190. The third-order valence-electron chi connectivity index (χ3n) is 4.53. The first-order valence-corrected chi connectivity index (χ1v) is 9.28. The van der Waals surface area contributed by atoms with Crippen LogP contribution in [0.3, 0.4) is 0 Å². The third-order valence-corrected chi connectivity index (χ3v) is 4.53. The zero-order chi connectivity index (χ0) is 21.3. The van der Waals surface area contributed by atoms with Crippen LogP contribution in [0.5, 0.6) is 0 Å². The van der Waals surface area contributed by atoms with Crippen LogP contribution in [0.1, 0.15) is 31.1 Å². The number of hydrogen-bond donors (Lipinski definition) is 1. The number of allylic oxidation sites excluding steroid dienone is 4. The van der Waals surface area contributed by atoms with Crippen LogP contribution in [-0.2, 0) is 6.54 Å². The first kappa shape index (κ1) is 19.6. The summed E-state index contributed by atoms with van der Waals surface area (Å²) in [7, 11) is 0. The molecule has 0 radical (unpaired) electrons. The number of halogens is 2. The summed E-state index contributed by atoms with van der Waals surface area (Å²) in [6.07, 6.45) is 4.84. The van der Waals surface area contributed by atoms with Crippen LogP contribution in [0, 0.1) is 6.92 Å². The lowest BCUT2D eigenvalue weighted by Crippen LogP contribution is -2.37. The number of rotatable bonds is 5. The molecule has 0 atom stereocenters. The molecular formula is C21H19F2N6O+. The van der Waals surface area contributed by atoms with E-state index in [1.807, 2.05) is 24.3 Å². The van der Waals surface area contributed by atoms with E-state index in [1.165, 1.54) is 6.08 Å². The Kier molecular flexibility index (Phi) is 5.18. The molecule has 0 fully saturated rings. The molecule has 9 heteroatoms. The number of benzene rings is 1. The summed E-state index contributed by atoms with van der Waals surface area (Å²) in [5, 5.41) is 8.27. The van der Waals surface area contributed by atoms with Gasteiger partial charge in [-0.15, -0.1) is 0 Å². The molecule has 1 aromatic carbocycles. The quantitative estimate of drug-likeness (QED) is 0.394. The van der Waals surface area contributed by atoms with Crippen LogP contribution in [0.25, 0.3) is 28.0 Å². The summed E-state index contributed by atoms with van der Waals surface area (Å²) >= 11 is 0. The highest BCUT2D eigenvalue weighted by Gasteiger charge is 2.17. The maximum atomic E-state index is 14.1. The van der Waals surface area contributed by atoms with Crippen LogP contribution in [0.4, 0.5) is 8.78 Å². The van der Waals surface area contributed by atoms with E-state index in [0.717, 1.165) is 18.1 Å². The summed E-state index contributed by atoms with van der Waals surface area (Å²) in [6, 6.07) is 7.75. The Morgan fingerprint density at radius 3 is 2.60 bits per heavy atom. The van der Waals surface area contributed by atoms with Crippen molar-refractivity contribution >= 4 is 16.6 Å². The maximum Gasteiger partial charge on any atom is 0.223 e. The molecule has 4 aromatic rings. The fourth-order valence-electron chi connectivity index (χ4n) is 3.04. The number of aromatic amines is 1. The van der Waals surface area contributed by atoms with Gasteiger partial charge in [0.15, 0.2) is 12.4 Å². The number of hydrogen-bond acceptors (Lipinski definition) is 5. The zero-order valence-corrected chi connectivity index (χ0v) is 16.6. The van der Waals surface area contributed by atoms with Gasteiger partial charge >= 0.3 is 0 Å². The van der Waals surface area contributed by atoms with Crippen molar-refractivity contribution < 1.29 is 18.0 Å². The number of nitrogens with one attached hydrogen (secondary N) is 1. The van der Waals surface area contributed by atoms with Gasteiger partial charge in [0.1, 0.15) is 28.9 Å². The van der Waals surface area contributed by atoms with Gasteiger partial charge in [-0.1, -0.05) is 40.2 Å². The molecule has 30 heavy (non-hydrogen) atoms. The van der Waals surface area contributed by atoms with Crippen LogP contribution in [0.15, 0.2) is 58.9 Å². The molecule has 3 heterocycles. The average Bonchev–Trinajstić information content (AvgIpc) is 3.35. The fourth-order valence-corrected chi connectivity index (χ4v) is 3.04. The summed E-state index contributed by atoms with van der Waals surface area (Å²) in [4.78, 5) is 11.6. The number of aromatic nitrogens is 6. The minimum absolute atomic E-state index is 0.0741. The van der Waals surface area contributed by atoms with Crippen molar-refractivity contribution in [3.05, 3.63) is 71.7 Å². The van der Waals surface area contributed by atoms with Crippen LogP contribution < -0.4 is 4.68 Å². The van der Waals surface area contributed by atoms with Gasteiger partial charge < -0.3 is 9.51 Å². The number of fused-ring (bicyclic) bond motifs is 1. The van der Waals surface area contributed by atoms with E-state index in [9.17, 15) is 8.78 Å². The van der Waals surface area contributed by atoms with E-state index >= 15 is 0 Å². The highest BCUT2D eigenvalue weighted by atomic mass is 19.2. The lowest BCUT2D eigenvalue weighted by Gasteiger charge is -2.00. The van der Waals surface area contributed by atoms with Crippen molar-refractivity contribution in [1.82, 2.24) is 25.2 Å². The number of H-pyrrole nitrogens is 1. The normalized spacial score (nSPS) is 13.0. The Bertz CT molecular complexity index is 1270. The minimum Gasteiger partial charge on any atom is -0.339 e. The molecule has 1 N–H and O–H groups in total. The lowest BCUT2D eigenvalue weighted by molar-refractivity contribution is -0.745. The van der Waals surface area contributed by atoms with Gasteiger partial charge in [0, 0.05) is 18.1 Å². The van der Waals surface area contributed by atoms with Crippen molar-refractivity contribution in [3.8, 4) is 11.4 Å². The minimum atomic E-state index is -0.936. The maximum absolute atomic E-state index is 14.1. The van der Waals surface area contributed by atoms with Gasteiger partial charge in [-0.05, 0) is 18.9 Å². The van der Waals surface area contributed by atoms with Crippen LogP contribution >= 0.6 is 0 Å². The smallest absolute Gasteiger partial charge is 0.223 e. The third kappa shape index (κ3) is 3.86. The average molecular weight is 409 g/mol. The number of imidazole rings is 1. The van der Waals surface area contributed by atoms with Gasteiger partial charge in [-0.3, -0.25) is 0 Å². The van der Waals surface area contributed by atoms with E-state index in [-0.39, 0.29) is 11.4 Å².